The van der Waals surface area contributed by atoms with Gasteiger partial charge >= 0.3 is 0 Å². The van der Waals surface area contributed by atoms with Crippen LogP contribution in [0, 0.1) is 18.3 Å². The molecule has 3 N–H and O–H groups in total. The van der Waals surface area contributed by atoms with Crippen LogP contribution in [0.25, 0.3) is 11.6 Å². The van der Waals surface area contributed by atoms with E-state index in [0.29, 0.717) is 11.5 Å². The van der Waals surface area contributed by atoms with E-state index in [-0.39, 0.29) is 11.8 Å². The molecular formula is C21H20N6. The first-order valence-corrected chi connectivity index (χ1v) is 8.63. The molecule has 0 spiro atoms. The quantitative estimate of drug-likeness (QED) is 0.667. The predicted molar refractivity (Wildman–Crippen MR) is 108 cm³/mol. The molecule has 2 aromatic carbocycles. The highest BCUT2D eigenvalue weighted by molar-refractivity contribution is 5.87. The van der Waals surface area contributed by atoms with Crippen LogP contribution < -0.4 is 11.1 Å². The molecule has 0 aliphatic rings. The molecular weight excluding hydrogens is 336 g/mol. The van der Waals surface area contributed by atoms with Crippen LogP contribution in [0.15, 0.2) is 48.5 Å². The first-order valence-electron chi connectivity index (χ1n) is 8.63. The van der Waals surface area contributed by atoms with Crippen molar-refractivity contribution in [3.05, 3.63) is 71.0 Å². The maximum atomic E-state index is 9.56. The van der Waals surface area contributed by atoms with Crippen molar-refractivity contribution >= 4 is 29.2 Å². The van der Waals surface area contributed by atoms with Crippen LogP contribution in [0.3, 0.4) is 0 Å². The highest BCUT2D eigenvalue weighted by Crippen LogP contribution is 2.19. The molecule has 1 heterocycles. The molecule has 0 aliphatic carbocycles. The lowest BCUT2D eigenvalue weighted by Crippen LogP contribution is -2.06. The van der Waals surface area contributed by atoms with Crippen molar-refractivity contribution in [2.75, 3.05) is 11.1 Å². The lowest BCUT2D eigenvalue weighted by Gasteiger charge is -2.07. The lowest BCUT2D eigenvalue weighted by atomic mass is 10.1. The summed E-state index contributed by atoms with van der Waals surface area (Å²) in [6.45, 7) is 4.11. The largest absolute Gasteiger partial charge is 0.368 e. The molecule has 6 heteroatoms. The molecule has 0 amide bonds. The smallest absolute Gasteiger partial charge is 0.232 e. The normalized spacial score (nSPS) is 11.1. The number of allylic oxidation sites excluding steroid dienone is 1. The maximum Gasteiger partial charge on any atom is 0.232 e. The van der Waals surface area contributed by atoms with Crippen molar-refractivity contribution in [1.29, 1.82) is 5.26 Å². The minimum absolute atomic E-state index is 0.0529. The number of nitrogen functional groups attached to an aromatic ring is 1. The van der Waals surface area contributed by atoms with E-state index in [1.165, 1.54) is 5.56 Å². The average molecular weight is 356 g/mol. The molecule has 27 heavy (non-hydrogen) atoms. The van der Waals surface area contributed by atoms with Crippen LogP contribution in [0.2, 0.25) is 0 Å². The Hall–Kier alpha value is -3.72. The van der Waals surface area contributed by atoms with Gasteiger partial charge in [0.1, 0.15) is 6.07 Å². The monoisotopic (exact) mass is 356 g/mol. The van der Waals surface area contributed by atoms with Crippen molar-refractivity contribution in [3.63, 3.8) is 0 Å². The van der Waals surface area contributed by atoms with Crippen LogP contribution in [0.1, 0.15) is 29.4 Å². The molecule has 0 saturated carbocycles. The van der Waals surface area contributed by atoms with E-state index in [1.807, 2.05) is 55.5 Å². The Morgan fingerprint density at radius 3 is 2.41 bits per heavy atom. The second-order valence-corrected chi connectivity index (χ2v) is 6.10. The third-order valence-corrected chi connectivity index (χ3v) is 4.02. The Bertz CT molecular complexity index is 998. The Morgan fingerprint density at radius 2 is 1.78 bits per heavy atom. The summed E-state index contributed by atoms with van der Waals surface area (Å²) in [7, 11) is 0. The molecule has 1 aromatic heterocycles. The van der Waals surface area contributed by atoms with Crippen LogP contribution >= 0.6 is 0 Å². The number of rotatable bonds is 5. The van der Waals surface area contributed by atoms with Gasteiger partial charge in [0.05, 0.1) is 5.57 Å². The molecule has 0 fully saturated rings. The van der Waals surface area contributed by atoms with Gasteiger partial charge in [0.15, 0.2) is 5.82 Å². The lowest BCUT2D eigenvalue weighted by molar-refractivity contribution is 1.04. The van der Waals surface area contributed by atoms with Crippen molar-refractivity contribution < 1.29 is 0 Å². The average Bonchev–Trinajstić information content (AvgIpc) is 2.68. The van der Waals surface area contributed by atoms with Gasteiger partial charge in [-0.05, 0) is 42.7 Å². The number of nitriles is 1. The zero-order valence-electron chi connectivity index (χ0n) is 15.3. The molecule has 6 nitrogen and oxygen atoms in total. The molecule has 0 atom stereocenters. The molecule has 134 valence electrons. The Morgan fingerprint density at radius 1 is 1.07 bits per heavy atom. The van der Waals surface area contributed by atoms with Crippen molar-refractivity contribution in [3.8, 4) is 6.07 Å². The van der Waals surface area contributed by atoms with E-state index in [9.17, 15) is 5.26 Å². The Kier molecular flexibility index (Phi) is 5.43. The topological polar surface area (TPSA) is 101 Å². The fraction of sp³-hybridized carbons (Fsp3) is 0.143. The van der Waals surface area contributed by atoms with Crippen molar-refractivity contribution in [2.24, 2.45) is 0 Å². The number of aryl methyl sites for hydroxylation is 2. The van der Waals surface area contributed by atoms with Crippen LogP contribution in [-0.2, 0) is 6.42 Å². The number of nitrogens with zero attached hydrogens (tertiary/aromatic N) is 4. The SMILES string of the molecule is CCc1ccc(/C=C(\C#N)c2nc(N)nc(Nc3ccc(C)cc3)n2)cc1. The number of benzene rings is 2. The summed E-state index contributed by atoms with van der Waals surface area (Å²) in [4.78, 5) is 12.6. The fourth-order valence-corrected chi connectivity index (χ4v) is 2.50. The van der Waals surface area contributed by atoms with E-state index in [2.05, 4.69) is 33.3 Å². The van der Waals surface area contributed by atoms with Gasteiger partial charge < -0.3 is 11.1 Å². The molecule has 0 aliphatic heterocycles. The van der Waals surface area contributed by atoms with Gasteiger partial charge in [-0.1, -0.05) is 48.9 Å². The number of hydrogen-bond acceptors (Lipinski definition) is 6. The van der Waals surface area contributed by atoms with Crippen LogP contribution in [-0.4, -0.2) is 15.0 Å². The third kappa shape index (κ3) is 4.67. The van der Waals surface area contributed by atoms with Gasteiger partial charge in [0.25, 0.3) is 0 Å². The summed E-state index contributed by atoms with van der Waals surface area (Å²) in [6.07, 6.45) is 2.71. The number of nitrogens with two attached hydrogens (primary N) is 1. The van der Waals surface area contributed by atoms with E-state index in [4.69, 9.17) is 5.73 Å². The predicted octanol–water partition coefficient (Wildman–Crippen LogP) is 4.13. The molecule has 0 bridgehead atoms. The zero-order valence-corrected chi connectivity index (χ0v) is 15.3. The maximum absolute atomic E-state index is 9.56. The van der Waals surface area contributed by atoms with Crippen molar-refractivity contribution in [1.82, 2.24) is 15.0 Å². The van der Waals surface area contributed by atoms with E-state index < -0.39 is 0 Å². The second kappa shape index (κ2) is 8.11. The van der Waals surface area contributed by atoms with E-state index in [1.54, 1.807) is 6.08 Å². The molecule has 0 saturated heterocycles. The molecule has 3 aromatic rings. The summed E-state index contributed by atoms with van der Waals surface area (Å²) in [5, 5.41) is 12.7. The third-order valence-electron chi connectivity index (χ3n) is 4.02. The van der Waals surface area contributed by atoms with Gasteiger partial charge in [-0.2, -0.15) is 20.2 Å². The van der Waals surface area contributed by atoms with Crippen LogP contribution in [0.5, 0.6) is 0 Å². The minimum Gasteiger partial charge on any atom is -0.368 e. The van der Waals surface area contributed by atoms with Crippen LogP contribution in [0.4, 0.5) is 17.6 Å². The number of nitrogens with one attached hydrogen (secondary N) is 1. The summed E-state index contributed by atoms with van der Waals surface area (Å²) in [5.74, 6) is 0.583. The highest BCUT2D eigenvalue weighted by atomic mass is 15.2. The molecule has 0 unspecified atom stereocenters. The van der Waals surface area contributed by atoms with Gasteiger partial charge in [-0.15, -0.1) is 0 Å². The number of aromatic nitrogens is 3. The second-order valence-electron chi connectivity index (χ2n) is 6.10. The standard InChI is InChI=1S/C21H20N6/c1-3-15-6-8-16(9-7-15)12-17(13-22)19-25-20(23)27-21(26-19)24-18-10-4-14(2)5-11-18/h4-12H,3H2,1-2H3,(H3,23,24,25,26,27)/b17-12+. The van der Waals surface area contributed by atoms with Gasteiger partial charge in [0.2, 0.25) is 11.9 Å². The summed E-state index contributed by atoms with van der Waals surface area (Å²) in [5.41, 5.74) is 10.3. The first-order chi connectivity index (χ1) is 13.1. The molecule has 0 radical (unpaired) electrons. The minimum atomic E-state index is 0.0529. The van der Waals surface area contributed by atoms with E-state index >= 15 is 0 Å². The van der Waals surface area contributed by atoms with Gasteiger partial charge in [-0.3, -0.25) is 0 Å². The first kappa shape index (κ1) is 18.1. The van der Waals surface area contributed by atoms with Gasteiger partial charge in [0, 0.05) is 5.69 Å². The summed E-state index contributed by atoms with van der Waals surface area (Å²) < 4.78 is 0. The number of hydrogen-bond donors (Lipinski definition) is 2. The zero-order chi connectivity index (χ0) is 19.2. The number of anilines is 3. The Labute approximate surface area is 158 Å². The van der Waals surface area contributed by atoms with Gasteiger partial charge in [-0.25, -0.2) is 0 Å². The summed E-state index contributed by atoms with van der Waals surface area (Å²) >= 11 is 0. The molecule has 3 rings (SSSR count). The van der Waals surface area contributed by atoms with E-state index in [0.717, 1.165) is 23.2 Å². The highest BCUT2D eigenvalue weighted by Gasteiger charge is 2.10. The van der Waals surface area contributed by atoms with Crippen molar-refractivity contribution in [2.45, 2.75) is 20.3 Å². The Balaban J connectivity index is 1.91. The fourth-order valence-electron chi connectivity index (χ4n) is 2.50. The summed E-state index contributed by atoms with van der Waals surface area (Å²) in [6, 6.07) is 17.9.